The Balaban J connectivity index is 1.43. The third kappa shape index (κ3) is 3.34. The van der Waals surface area contributed by atoms with E-state index < -0.39 is 255 Å². The monoisotopic (exact) mass is 644 g/mol. The molecule has 11 aromatic carbocycles. The Morgan fingerprint density at radius 3 is 1.49 bits per heavy atom. The van der Waals surface area contributed by atoms with Crippen LogP contribution in [-0.2, 0) is 0 Å². The second-order valence-corrected chi connectivity index (χ2v) is 11.5. The van der Waals surface area contributed by atoms with Gasteiger partial charge in [-0.2, -0.15) is 0 Å². The highest BCUT2D eigenvalue weighted by atomic mass is 16.3. The molecule has 12 aromatic rings. The largest absolute Gasteiger partial charge is 0.455 e. The van der Waals surface area contributed by atoms with Gasteiger partial charge in [0.25, 0.3) is 0 Å². The van der Waals surface area contributed by atoms with Gasteiger partial charge >= 0.3 is 0 Å². The van der Waals surface area contributed by atoms with Gasteiger partial charge < -0.3 is 4.42 Å². The normalized spacial score (nSPS) is 19.9. The van der Waals surface area contributed by atoms with Crippen LogP contribution in [0.15, 0.2) is 162 Å². The molecular formula is C48H26O. The maximum Gasteiger partial charge on any atom is 0.143 e. The van der Waals surface area contributed by atoms with E-state index in [1.807, 2.05) is 0 Å². The molecule has 0 aliphatic carbocycles. The van der Waals surface area contributed by atoms with Crippen LogP contribution in [0.1, 0.15) is 35.6 Å². The van der Waals surface area contributed by atoms with Gasteiger partial charge in [0.15, 0.2) is 0 Å². The Morgan fingerprint density at radius 1 is 0.327 bits per heavy atom. The fraction of sp³-hybridized carbons (Fsp3) is 0. The molecule has 0 spiro atoms. The van der Waals surface area contributed by atoms with Crippen molar-refractivity contribution in [2.45, 2.75) is 0 Å². The van der Waals surface area contributed by atoms with Gasteiger partial charge in [0.05, 0.1) is 35.6 Å². The van der Waals surface area contributed by atoms with Crippen molar-refractivity contribution in [2.75, 3.05) is 0 Å². The van der Waals surface area contributed by atoms with Gasteiger partial charge in [0, 0.05) is 16.2 Å². The number of hydrogen-bond acceptors (Lipinski definition) is 1. The second kappa shape index (κ2) is 9.13. The Morgan fingerprint density at radius 2 is 0.816 bits per heavy atom. The van der Waals surface area contributed by atoms with Crippen LogP contribution < -0.4 is 0 Å². The molecule has 0 saturated heterocycles. The first-order valence-corrected chi connectivity index (χ1v) is 14.9. The molecule has 0 saturated carbocycles. The molecule has 1 heterocycles. The highest BCUT2D eigenvalue weighted by Crippen LogP contribution is 2.47. The first-order valence-electron chi connectivity index (χ1n) is 27.9. The first-order chi connectivity index (χ1) is 35.2. The lowest BCUT2D eigenvalue weighted by Gasteiger charge is -2.17. The van der Waals surface area contributed by atoms with Gasteiger partial charge in [-0.05, 0) is 110 Å². The van der Waals surface area contributed by atoms with Crippen molar-refractivity contribution in [1.29, 1.82) is 0 Å². The van der Waals surface area contributed by atoms with Crippen molar-refractivity contribution >= 4 is 97.3 Å². The molecule has 224 valence electrons. The lowest BCUT2D eigenvalue weighted by Crippen LogP contribution is -1.90. The molecule has 0 fully saturated rings. The highest BCUT2D eigenvalue weighted by Gasteiger charge is 2.21. The lowest BCUT2D eigenvalue weighted by molar-refractivity contribution is 0.673. The molecule has 0 unspecified atom stereocenters. The summed E-state index contributed by atoms with van der Waals surface area (Å²) in [7, 11) is 0. The van der Waals surface area contributed by atoms with Crippen molar-refractivity contribution in [1.82, 2.24) is 0 Å². The Bertz CT molecular complexity index is 4780. The Kier molecular flexibility index (Phi) is 2.16. The molecule has 0 aliphatic rings. The molecule has 1 aromatic heterocycles. The maximum absolute atomic E-state index is 10.4. The van der Waals surface area contributed by atoms with E-state index in [2.05, 4.69) is 0 Å². The predicted molar refractivity (Wildman–Crippen MR) is 210 cm³/mol. The Labute approximate surface area is 317 Å². The minimum atomic E-state index is -0.968. The third-order valence-corrected chi connectivity index (χ3v) is 9.00. The SMILES string of the molecule is [2H]c1c([2H])c([2H])c2c(c1[2H])c([2H])c([2H])c1c2oc2c([2H])c(-c3c([2H])c([2H])c4c([2H])c([2H])c5c([2H])c([2H])c([2H])c6c([2H])c([2H])c3c4c56)c([2H])c(-c3c([2H])c([2H])c4c([2H])c([2H])c5c([2H])c([2H])c([2H])c6c([2H])c([2H])c3c4c56)c21. The van der Waals surface area contributed by atoms with Crippen LogP contribution in [0.2, 0.25) is 0 Å². The molecule has 12 rings (SSSR count). The van der Waals surface area contributed by atoms with Gasteiger partial charge in [-0.3, -0.25) is 0 Å². The number of fused-ring (bicyclic) bond motifs is 5. The number of rotatable bonds is 2. The summed E-state index contributed by atoms with van der Waals surface area (Å²) in [6, 6.07) is -20.6. The molecule has 0 aliphatic heterocycles. The van der Waals surface area contributed by atoms with Crippen molar-refractivity contribution in [2.24, 2.45) is 0 Å². The van der Waals surface area contributed by atoms with Gasteiger partial charge in [0.2, 0.25) is 0 Å². The van der Waals surface area contributed by atoms with Gasteiger partial charge in [-0.15, -0.1) is 0 Å². The van der Waals surface area contributed by atoms with E-state index in [1.54, 1.807) is 0 Å². The molecule has 0 atom stereocenters. The third-order valence-electron chi connectivity index (χ3n) is 9.00. The van der Waals surface area contributed by atoms with E-state index in [4.69, 9.17) is 23.6 Å². The molecule has 1 heteroatoms. The van der Waals surface area contributed by atoms with Crippen LogP contribution in [0.25, 0.3) is 120 Å². The summed E-state index contributed by atoms with van der Waals surface area (Å²) in [5.41, 5.74) is -4.03. The van der Waals surface area contributed by atoms with Gasteiger partial charge in [0.1, 0.15) is 11.2 Å². The quantitative estimate of drug-likeness (QED) is 0.171. The summed E-state index contributed by atoms with van der Waals surface area (Å²) < 4.78 is 245. The van der Waals surface area contributed by atoms with Crippen LogP contribution in [0.5, 0.6) is 0 Å². The van der Waals surface area contributed by atoms with Gasteiger partial charge in [-0.25, -0.2) is 0 Å². The van der Waals surface area contributed by atoms with Crippen molar-refractivity contribution in [3.05, 3.63) is 157 Å². The summed E-state index contributed by atoms with van der Waals surface area (Å²) in [5.74, 6) is 0. The topological polar surface area (TPSA) is 13.1 Å². The first kappa shape index (κ1) is 11.6. The maximum atomic E-state index is 10.4. The minimum Gasteiger partial charge on any atom is -0.455 e. The molecule has 0 amide bonds. The predicted octanol–water partition coefficient (Wildman–Crippen LogP) is 13.9. The van der Waals surface area contributed by atoms with Crippen LogP contribution >= 0.6 is 0 Å². The standard InChI is InChI=1S/C48H26O/c1-2-10-36-27(5-1)15-24-40-47-41(37-21-17-33-14-12-29-7-4-9-31-19-23-39(37)46(33)44(29)31)25-34(26-42(47)49-48(36)40)35-20-16-32-13-11-28-6-3-8-30-18-22-38(35)45(32)43(28)30/h1-26H/i1D,2D,3D,4D,5D,6D,7D,8D,9D,10D,11D,12D,13D,14D,15D,16D,17D,18D,19D,20D,21D,22D,23D,24D,25D,26D. The van der Waals surface area contributed by atoms with Crippen molar-refractivity contribution < 1.29 is 40.1 Å². The summed E-state index contributed by atoms with van der Waals surface area (Å²) in [5, 5.41) is -6.92. The molecule has 49 heavy (non-hydrogen) atoms. The second-order valence-electron chi connectivity index (χ2n) is 11.5. The summed E-state index contributed by atoms with van der Waals surface area (Å²) in [6.45, 7) is 0. The van der Waals surface area contributed by atoms with Crippen molar-refractivity contribution in [3.8, 4) is 22.3 Å². The summed E-state index contributed by atoms with van der Waals surface area (Å²) in [4.78, 5) is 0. The fourth-order valence-electron chi connectivity index (χ4n) is 6.90. The van der Waals surface area contributed by atoms with E-state index >= 15 is 0 Å². The smallest absolute Gasteiger partial charge is 0.143 e. The average molecular weight is 645 g/mol. The van der Waals surface area contributed by atoms with Crippen LogP contribution in [0.4, 0.5) is 0 Å². The van der Waals surface area contributed by atoms with E-state index in [0.717, 1.165) is 0 Å². The van der Waals surface area contributed by atoms with E-state index in [0.29, 0.717) is 0 Å². The van der Waals surface area contributed by atoms with Gasteiger partial charge in [-0.1, -0.05) is 139 Å². The van der Waals surface area contributed by atoms with Crippen LogP contribution in [0, 0.1) is 0 Å². The zero-order valence-electron chi connectivity index (χ0n) is 50.4. The molecular weight excluding hydrogens is 593 g/mol. The summed E-state index contributed by atoms with van der Waals surface area (Å²) in [6.07, 6.45) is 0. The fourth-order valence-corrected chi connectivity index (χ4v) is 6.90. The zero-order valence-corrected chi connectivity index (χ0v) is 24.4. The molecule has 0 N–H and O–H groups in total. The zero-order chi connectivity index (χ0) is 54.4. The minimum absolute atomic E-state index is 0.285. The van der Waals surface area contributed by atoms with E-state index in [-0.39, 0.29) is 21.5 Å². The number of hydrogen-bond donors (Lipinski definition) is 0. The number of furan rings is 1. The number of benzene rings is 11. The molecule has 0 bridgehead atoms. The van der Waals surface area contributed by atoms with Crippen LogP contribution in [-0.4, -0.2) is 0 Å². The highest BCUT2D eigenvalue weighted by molar-refractivity contribution is 6.29. The van der Waals surface area contributed by atoms with Crippen LogP contribution in [0.3, 0.4) is 0 Å². The Hall–Kier alpha value is -6.44. The van der Waals surface area contributed by atoms with Crippen molar-refractivity contribution in [3.63, 3.8) is 0 Å². The summed E-state index contributed by atoms with van der Waals surface area (Å²) >= 11 is 0. The van der Waals surface area contributed by atoms with E-state index in [9.17, 15) is 16.4 Å². The van der Waals surface area contributed by atoms with E-state index in [1.165, 1.54) is 0 Å². The average Bonchev–Trinajstić information content (AvgIpc) is 3.84. The molecule has 1 nitrogen and oxygen atoms in total. The molecule has 0 radical (unpaired) electrons. The lowest BCUT2D eigenvalue weighted by atomic mass is 9.86.